The molecule has 1 saturated heterocycles. The number of nitrogens with zero attached hydrogens (tertiary/aromatic N) is 1. The fraction of sp³-hybridized carbons (Fsp3) is 0.533. The molecule has 1 fully saturated rings. The van der Waals surface area contributed by atoms with Crippen LogP contribution in [-0.2, 0) is 14.8 Å². The van der Waals surface area contributed by atoms with Crippen LogP contribution in [0.2, 0.25) is 0 Å². The van der Waals surface area contributed by atoms with Gasteiger partial charge in [0.15, 0.2) is 0 Å². The van der Waals surface area contributed by atoms with E-state index >= 15 is 0 Å². The van der Waals surface area contributed by atoms with Crippen LogP contribution in [0.5, 0.6) is 5.75 Å². The number of amides is 1. The maximum absolute atomic E-state index is 12.5. The SMILES string of the molecule is CCOC(=O)N1CCC(NS(=O)(=O)c2ccccc2OC(F)(F)F)CC1. The van der Waals surface area contributed by atoms with Crippen LogP contribution in [0, 0.1) is 0 Å². The normalized spacial score (nSPS) is 16.4. The van der Waals surface area contributed by atoms with Crippen molar-refractivity contribution < 1.29 is 35.9 Å². The monoisotopic (exact) mass is 396 g/mol. The van der Waals surface area contributed by atoms with Gasteiger partial charge in [-0.15, -0.1) is 13.2 Å². The van der Waals surface area contributed by atoms with Gasteiger partial charge in [0.2, 0.25) is 10.0 Å². The third-order valence-corrected chi connectivity index (χ3v) is 5.27. The Morgan fingerprint density at radius 3 is 2.46 bits per heavy atom. The van der Waals surface area contributed by atoms with Gasteiger partial charge in [0.1, 0.15) is 10.6 Å². The summed E-state index contributed by atoms with van der Waals surface area (Å²) in [5.74, 6) is -0.795. The van der Waals surface area contributed by atoms with E-state index in [2.05, 4.69) is 9.46 Å². The number of carbonyl (C=O) groups excluding carboxylic acids is 1. The molecule has 1 aliphatic rings. The molecule has 7 nitrogen and oxygen atoms in total. The molecule has 0 bridgehead atoms. The summed E-state index contributed by atoms with van der Waals surface area (Å²) in [5, 5.41) is 0. The Morgan fingerprint density at radius 1 is 1.27 bits per heavy atom. The highest BCUT2D eigenvalue weighted by molar-refractivity contribution is 7.89. The minimum atomic E-state index is -5.00. The molecule has 1 aliphatic heterocycles. The molecule has 1 heterocycles. The van der Waals surface area contributed by atoms with Gasteiger partial charge in [-0.2, -0.15) is 0 Å². The summed E-state index contributed by atoms with van der Waals surface area (Å²) < 4.78 is 73.4. The number of halogens is 3. The van der Waals surface area contributed by atoms with Crippen molar-refractivity contribution in [1.29, 1.82) is 0 Å². The van der Waals surface area contributed by atoms with E-state index < -0.39 is 39.2 Å². The third-order valence-electron chi connectivity index (χ3n) is 3.71. The Balaban J connectivity index is 2.05. The van der Waals surface area contributed by atoms with E-state index in [-0.39, 0.29) is 19.7 Å². The molecule has 0 radical (unpaired) electrons. The molecule has 0 spiro atoms. The average molecular weight is 396 g/mol. The predicted molar refractivity (Wildman–Crippen MR) is 85.1 cm³/mol. The van der Waals surface area contributed by atoms with Crippen LogP contribution in [0.3, 0.4) is 0 Å². The van der Waals surface area contributed by atoms with Gasteiger partial charge in [0.05, 0.1) is 6.61 Å². The van der Waals surface area contributed by atoms with Crippen molar-refractivity contribution in [2.45, 2.75) is 37.1 Å². The molecule has 1 aromatic carbocycles. The van der Waals surface area contributed by atoms with Gasteiger partial charge in [-0.3, -0.25) is 0 Å². The van der Waals surface area contributed by atoms with Gasteiger partial charge < -0.3 is 14.4 Å². The smallest absolute Gasteiger partial charge is 0.450 e. The van der Waals surface area contributed by atoms with Gasteiger partial charge >= 0.3 is 12.5 Å². The number of nitrogens with one attached hydrogen (secondary N) is 1. The summed E-state index contributed by atoms with van der Waals surface area (Å²) in [7, 11) is -4.22. The molecule has 0 aliphatic carbocycles. The lowest BCUT2D eigenvalue weighted by molar-refractivity contribution is -0.275. The second-order valence-corrected chi connectivity index (χ2v) is 7.26. The zero-order chi connectivity index (χ0) is 19.4. The van der Waals surface area contributed by atoms with Crippen molar-refractivity contribution in [3.63, 3.8) is 0 Å². The van der Waals surface area contributed by atoms with E-state index in [4.69, 9.17) is 4.74 Å². The van der Waals surface area contributed by atoms with Crippen LogP contribution in [0.1, 0.15) is 19.8 Å². The Labute approximate surface area is 149 Å². The highest BCUT2D eigenvalue weighted by atomic mass is 32.2. The van der Waals surface area contributed by atoms with E-state index in [1.54, 1.807) is 6.92 Å². The maximum Gasteiger partial charge on any atom is 0.573 e. The van der Waals surface area contributed by atoms with Gasteiger partial charge in [-0.05, 0) is 31.9 Å². The number of carbonyl (C=O) groups is 1. The molecule has 1 N–H and O–H groups in total. The zero-order valence-corrected chi connectivity index (χ0v) is 14.8. The maximum atomic E-state index is 12.5. The zero-order valence-electron chi connectivity index (χ0n) is 14.0. The Morgan fingerprint density at radius 2 is 1.88 bits per heavy atom. The molecular formula is C15H19F3N2O5S. The second kappa shape index (κ2) is 8.12. The quantitative estimate of drug-likeness (QED) is 0.827. The Kier molecular flexibility index (Phi) is 6.34. The van der Waals surface area contributed by atoms with Crippen molar-refractivity contribution in [3.8, 4) is 5.75 Å². The summed E-state index contributed by atoms with van der Waals surface area (Å²) in [5.41, 5.74) is 0. The van der Waals surface area contributed by atoms with E-state index in [1.165, 1.54) is 17.0 Å². The van der Waals surface area contributed by atoms with Gasteiger partial charge in [0.25, 0.3) is 0 Å². The third kappa shape index (κ3) is 5.49. The van der Waals surface area contributed by atoms with Crippen LogP contribution in [0.4, 0.5) is 18.0 Å². The van der Waals surface area contributed by atoms with Crippen molar-refractivity contribution in [3.05, 3.63) is 24.3 Å². The van der Waals surface area contributed by atoms with Crippen molar-refractivity contribution in [1.82, 2.24) is 9.62 Å². The summed E-state index contributed by atoms with van der Waals surface area (Å²) >= 11 is 0. The van der Waals surface area contributed by atoms with Crippen LogP contribution < -0.4 is 9.46 Å². The molecule has 0 unspecified atom stereocenters. The number of hydrogen-bond acceptors (Lipinski definition) is 5. The van der Waals surface area contributed by atoms with Crippen LogP contribution in [-0.4, -0.2) is 51.5 Å². The van der Waals surface area contributed by atoms with Gasteiger partial charge in [0, 0.05) is 19.1 Å². The van der Waals surface area contributed by atoms with Crippen molar-refractivity contribution >= 4 is 16.1 Å². The first-order valence-electron chi connectivity index (χ1n) is 7.91. The molecule has 11 heteroatoms. The fourth-order valence-corrected chi connectivity index (χ4v) is 3.99. The fourth-order valence-electron chi connectivity index (χ4n) is 2.56. The first kappa shape index (κ1) is 20.3. The van der Waals surface area contributed by atoms with Crippen LogP contribution in [0.15, 0.2) is 29.2 Å². The number of rotatable bonds is 5. The molecule has 1 amide bonds. The minimum Gasteiger partial charge on any atom is -0.450 e. The van der Waals surface area contributed by atoms with Crippen molar-refractivity contribution in [2.75, 3.05) is 19.7 Å². The molecule has 2 rings (SSSR count). The summed E-state index contributed by atoms with van der Waals surface area (Å²) in [4.78, 5) is 12.5. The van der Waals surface area contributed by atoms with Gasteiger partial charge in [-0.25, -0.2) is 17.9 Å². The minimum absolute atomic E-state index is 0.237. The molecule has 1 aromatic rings. The Hall–Kier alpha value is -2.01. The number of likely N-dealkylation sites (tertiary alicyclic amines) is 1. The van der Waals surface area contributed by atoms with E-state index in [0.29, 0.717) is 12.8 Å². The van der Waals surface area contributed by atoms with Crippen LogP contribution in [0.25, 0.3) is 0 Å². The van der Waals surface area contributed by atoms with E-state index in [1.807, 2.05) is 0 Å². The Bertz CT molecular complexity index is 731. The number of hydrogen-bond donors (Lipinski definition) is 1. The van der Waals surface area contributed by atoms with Crippen molar-refractivity contribution in [2.24, 2.45) is 0 Å². The molecule has 0 saturated carbocycles. The van der Waals surface area contributed by atoms with Crippen LogP contribution >= 0.6 is 0 Å². The molecule has 0 atom stereocenters. The first-order chi connectivity index (χ1) is 12.1. The topological polar surface area (TPSA) is 84.9 Å². The lowest BCUT2D eigenvalue weighted by Crippen LogP contribution is -2.46. The summed E-state index contributed by atoms with van der Waals surface area (Å²) in [6, 6.07) is 4.02. The van der Waals surface area contributed by atoms with E-state index in [9.17, 15) is 26.4 Å². The largest absolute Gasteiger partial charge is 0.573 e. The first-order valence-corrected chi connectivity index (χ1v) is 9.39. The number of benzene rings is 1. The molecular weight excluding hydrogens is 377 g/mol. The lowest BCUT2D eigenvalue weighted by Gasteiger charge is -2.31. The number of ether oxygens (including phenoxy) is 2. The number of para-hydroxylation sites is 1. The summed E-state index contributed by atoms with van der Waals surface area (Å²) in [6.45, 7) is 2.49. The molecule has 26 heavy (non-hydrogen) atoms. The van der Waals surface area contributed by atoms with Gasteiger partial charge in [-0.1, -0.05) is 12.1 Å². The van der Waals surface area contributed by atoms with E-state index in [0.717, 1.165) is 12.1 Å². The second-order valence-electron chi connectivity index (χ2n) is 5.58. The number of alkyl halides is 3. The number of piperidine rings is 1. The standard InChI is InChI=1S/C15H19F3N2O5S/c1-2-24-14(21)20-9-7-11(8-10-20)19-26(22,23)13-6-4-3-5-12(13)25-15(16,17)18/h3-6,11,19H,2,7-10H2,1H3. The lowest BCUT2D eigenvalue weighted by atomic mass is 10.1. The highest BCUT2D eigenvalue weighted by Gasteiger charge is 2.35. The average Bonchev–Trinajstić information content (AvgIpc) is 2.54. The number of sulfonamides is 1. The molecule has 0 aromatic heterocycles. The highest BCUT2D eigenvalue weighted by Crippen LogP contribution is 2.29. The summed E-state index contributed by atoms with van der Waals surface area (Å²) in [6.07, 6.45) is -4.84. The predicted octanol–water partition coefficient (Wildman–Crippen LogP) is 2.48. The molecule has 146 valence electrons.